The Labute approximate surface area is 133 Å². The zero-order chi connectivity index (χ0) is 14.9. The molecule has 2 rings (SSSR count). The molecule has 1 heterocycles. The lowest BCUT2D eigenvalue weighted by atomic mass is 9.95. The van der Waals surface area contributed by atoms with E-state index in [1.54, 1.807) is 24.0 Å². The first-order valence-electron chi connectivity index (χ1n) is 5.90. The average molecular weight is 407 g/mol. The van der Waals surface area contributed by atoms with Gasteiger partial charge in [-0.15, -0.1) is 0 Å². The van der Waals surface area contributed by atoms with E-state index >= 15 is 0 Å². The number of hydrogen-bond donors (Lipinski definition) is 1. The van der Waals surface area contributed by atoms with Crippen molar-refractivity contribution in [3.63, 3.8) is 0 Å². The maximum Gasteiger partial charge on any atom is 0.329 e. The summed E-state index contributed by atoms with van der Waals surface area (Å²) < 4.78 is 6.92. The second-order valence-corrected chi connectivity index (χ2v) is 6.78. The van der Waals surface area contributed by atoms with Gasteiger partial charge in [0.1, 0.15) is 12.2 Å². The first-order valence-corrected chi connectivity index (χ1v) is 7.49. The number of carboxylic acids is 1. The van der Waals surface area contributed by atoms with Crippen molar-refractivity contribution in [1.29, 1.82) is 0 Å². The van der Waals surface area contributed by atoms with Gasteiger partial charge >= 0.3 is 5.97 Å². The van der Waals surface area contributed by atoms with Crippen LogP contribution in [0.3, 0.4) is 0 Å². The molecule has 0 spiro atoms. The van der Waals surface area contributed by atoms with Crippen molar-refractivity contribution in [1.82, 2.24) is 4.90 Å². The van der Waals surface area contributed by atoms with Crippen LogP contribution in [0, 0.1) is 0 Å². The highest BCUT2D eigenvalue weighted by Crippen LogP contribution is 2.28. The summed E-state index contributed by atoms with van der Waals surface area (Å²) >= 11 is 6.69. The molecule has 1 saturated heterocycles. The first kappa shape index (κ1) is 15.5. The Balaban J connectivity index is 1.98. The minimum absolute atomic E-state index is 0.0941. The predicted octanol–water partition coefficient (Wildman–Crippen LogP) is 2.53. The number of rotatable bonds is 4. The zero-order valence-electron chi connectivity index (χ0n) is 10.7. The van der Waals surface area contributed by atoms with Gasteiger partial charge in [0.05, 0.1) is 13.1 Å². The molecule has 0 unspecified atom stereocenters. The summed E-state index contributed by atoms with van der Waals surface area (Å²) in [7, 11) is 0. The number of carbonyl (C=O) groups excluding carboxylic acids is 1. The van der Waals surface area contributed by atoms with Gasteiger partial charge in [-0.05, 0) is 25.1 Å². The van der Waals surface area contributed by atoms with Crippen LogP contribution in [0.1, 0.15) is 17.3 Å². The molecule has 1 aromatic carbocycles. The SMILES string of the molecule is CC1(OCC(=O)O)CN(C(=O)c2cc(Br)cc(Br)c2)C1. The number of hydrogen-bond acceptors (Lipinski definition) is 3. The van der Waals surface area contributed by atoms with Crippen LogP contribution in [0.15, 0.2) is 27.1 Å². The van der Waals surface area contributed by atoms with Crippen LogP contribution in [0.2, 0.25) is 0 Å². The number of nitrogens with zero attached hydrogens (tertiary/aromatic N) is 1. The zero-order valence-corrected chi connectivity index (χ0v) is 13.9. The molecule has 5 nitrogen and oxygen atoms in total. The largest absolute Gasteiger partial charge is 0.480 e. The van der Waals surface area contributed by atoms with Crippen molar-refractivity contribution in [3.8, 4) is 0 Å². The maximum absolute atomic E-state index is 12.3. The molecule has 1 fully saturated rings. The van der Waals surface area contributed by atoms with Crippen LogP contribution in [-0.2, 0) is 9.53 Å². The second kappa shape index (κ2) is 5.83. The summed E-state index contributed by atoms with van der Waals surface area (Å²) in [6.07, 6.45) is 0. The van der Waals surface area contributed by atoms with E-state index in [0.29, 0.717) is 18.7 Å². The van der Waals surface area contributed by atoms with Crippen LogP contribution in [0.4, 0.5) is 0 Å². The van der Waals surface area contributed by atoms with E-state index in [-0.39, 0.29) is 12.5 Å². The third-order valence-electron chi connectivity index (χ3n) is 2.99. The smallest absolute Gasteiger partial charge is 0.329 e. The fourth-order valence-corrected chi connectivity index (χ4v) is 3.39. The Hall–Kier alpha value is -0.920. The van der Waals surface area contributed by atoms with Crippen LogP contribution in [0.5, 0.6) is 0 Å². The van der Waals surface area contributed by atoms with Gasteiger partial charge in [-0.25, -0.2) is 4.79 Å². The molecule has 0 saturated carbocycles. The molecule has 108 valence electrons. The van der Waals surface area contributed by atoms with Crippen LogP contribution >= 0.6 is 31.9 Å². The molecule has 20 heavy (non-hydrogen) atoms. The summed E-state index contributed by atoms with van der Waals surface area (Å²) in [6.45, 7) is 2.24. The van der Waals surface area contributed by atoms with Crippen LogP contribution < -0.4 is 0 Å². The summed E-state index contributed by atoms with van der Waals surface area (Å²) in [5.41, 5.74) is 0.00337. The Kier molecular flexibility index (Phi) is 4.51. The van der Waals surface area contributed by atoms with Crippen molar-refractivity contribution >= 4 is 43.7 Å². The third kappa shape index (κ3) is 3.59. The van der Waals surface area contributed by atoms with E-state index in [1.165, 1.54) is 0 Å². The molecular formula is C13H13Br2NO4. The fourth-order valence-electron chi connectivity index (χ4n) is 2.09. The van der Waals surface area contributed by atoms with E-state index in [1.807, 2.05) is 6.07 Å². The molecule has 1 aliphatic heterocycles. The highest BCUT2D eigenvalue weighted by molar-refractivity contribution is 9.11. The van der Waals surface area contributed by atoms with Crippen molar-refractivity contribution in [2.45, 2.75) is 12.5 Å². The first-order chi connectivity index (χ1) is 9.29. The lowest BCUT2D eigenvalue weighted by molar-refractivity contribution is -0.159. The van der Waals surface area contributed by atoms with Gasteiger partial charge < -0.3 is 14.7 Å². The van der Waals surface area contributed by atoms with E-state index in [4.69, 9.17) is 9.84 Å². The number of carboxylic acid groups (broad SMARTS) is 1. The molecule has 0 aromatic heterocycles. The van der Waals surface area contributed by atoms with Crippen molar-refractivity contribution in [2.75, 3.05) is 19.7 Å². The predicted molar refractivity (Wildman–Crippen MR) is 79.7 cm³/mol. The fraction of sp³-hybridized carbons (Fsp3) is 0.385. The monoisotopic (exact) mass is 405 g/mol. The minimum Gasteiger partial charge on any atom is -0.480 e. The Morgan fingerprint density at radius 3 is 2.35 bits per heavy atom. The second-order valence-electron chi connectivity index (χ2n) is 4.95. The Morgan fingerprint density at radius 1 is 1.30 bits per heavy atom. The van der Waals surface area contributed by atoms with E-state index in [9.17, 15) is 9.59 Å². The Morgan fingerprint density at radius 2 is 1.85 bits per heavy atom. The average Bonchev–Trinajstić information content (AvgIpc) is 2.31. The molecule has 1 aliphatic rings. The number of likely N-dealkylation sites (tertiary alicyclic amines) is 1. The molecule has 1 amide bonds. The number of benzene rings is 1. The third-order valence-corrected chi connectivity index (χ3v) is 3.91. The molecule has 0 bridgehead atoms. The van der Waals surface area contributed by atoms with Gasteiger partial charge in [0, 0.05) is 14.5 Å². The van der Waals surface area contributed by atoms with Gasteiger partial charge in [-0.1, -0.05) is 31.9 Å². The quantitative estimate of drug-likeness (QED) is 0.834. The highest BCUT2D eigenvalue weighted by atomic mass is 79.9. The van der Waals surface area contributed by atoms with Crippen molar-refractivity contribution in [3.05, 3.63) is 32.7 Å². The number of ether oxygens (including phenoxy) is 1. The summed E-state index contributed by atoms with van der Waals surface area (Å²) in [6, 6.07) is 5.36. The van der Waals surface area contributed by atoms with Gasteiger partial charge in [0.25, 0.3) is 5.91 Å². The molecule has 0 radical (unpaired) electrons. The van der Waals surface area contributed by atoms with E-state index in [0.717, 1.165) is 8.95 Å². The topological polar surface area (TPSA) is 66.8 Å². The molecule has 1 aromatic rings. The molecular weight excluding hydrogens is 394 g/mol. The van der Waals surface area contributed by atoms with Crippen LogP contribution in [0.25, 0.3) is 0 Å². The van der Waals surface area contributed by atoms with Crippen molar-refractivity contribution in [2.24, 2.45) is 0 Å². The molecule has 7 heteroatoms. The van der Waals surface area contributed by atoms with E-state index < -0.39 is 11.6 Å². The van der Waals surface area contributed by atoms with Gasteiger partial charge in [-0.3, -0.25) is 4.79 Å². The molecule has 0 atom stereocenters. The highest BCUT2D eigenvalue weighted by Gasteiger charge is 2.43. The van der Waals surface area contributed by atoms with Gasteiger partial charge in [0.2, 0.25) is 0 Å². The number of carbonyl (C=O) groups is 2. The normalized spacial score (nSPS) is 16.6. The summed E-state index contributed by atoms with van der Waals surface area (Å²) in [4.78, 5) is 24.4. The van der Waals surface area contributed by atoms with E-state index in [2.05, 4.69) is 31.9 Å². The van der Waals surface area contributed by atoms with Gasteiger partial charge in [-0.2, -0.15) is 0 Å². The number of amides is 1. The lowest BCUT2D eigenvalue weighted by Crippen LogP contribution is -2.63. The number of halogens is 2. The number of aliphatic carboxylic acids is 1. The molecule has 1 N–H and O–H groups in total. The van der Waals surface area contributed by atoms with Crippen LogP contribution in [-0.4, -0.2) is 47.2 Å². The summed E-state index contributed by atoms with van der Waals surface area (Å²) in [5, 5.41) is 8.59. The minimum atomic E-state index is -1.01. The molecule has 0 aliphatic carbocycles. The Bertz CT molecular complexity index is 535. The maximum atomic E-state index is 12.3. The van der Waals surface area contributed by atoms with Gasteiger partial charge in [0.15, 0.2) is 0 Å². The summed E-state index contributed by atoms with van der Waals surface area (Å²) in [5.74, 6) is -1.10. The van der Waals surface area contributed by atoms with Crippen molar-refractivity contribution < 1.29 is 19.4 Å². The standard InChI is InChI=1S/C13H13Br2NO4/c1-13(20-5-11(17)18)6-16(7-13)12(19)8-2-9(14)4-10(15)3-8/h2-4H,5-7H2,1H3,(H,17,18). The lowest BCUT2D eigenvalue weighted by Gasteiger charge is -2.47.